The Morgan fingerprint density at radius 2 is 1.59 bits per heavy atom. The van der Waals surface area contributed by atoms with Gasteiger partial charge in [0.15, 0.2) is 5.82 Å². The molecule has 0 unspecified atom stereocenters. The molecule has 8 nitrogen and oxygen atoms in total. The van der Waals surface area contributed by atoms with Crippen molar-refractivity contribution >= 4 is 35.2 Å². The van der Waals surface area contributed by atoms with Crippen LogP contribution in [0.25, 0.3) is 17.5 Å². The van der Waals surface area contributed by atoms with Gasteiger partial charge in [0.05, 0.1) is 4.88 Å². The lowest BCUT2D eigenvalue weighted by Gasteiger charge is -2.20. The van der Waals surface area contributed by atoms with E-state index in [1.165, 1.54) is 23.8 Å². The second kappa shape index (κ2) is 16.1. The molecule has 3 N–H and O–H groups in total. The quantitative estimate of drug-likeness (QED) is 0.130. The first-order chi connectivity index (χ1) is 22.0. The summed E-state index contributed by atoms with van der Waals surface area (Å²) in [6, 6.07) is 19.6. The zero-order chi connectivity index (χ0) is 33.1. The predicted octanol–water partition coefficient (Wildman–Crippen LogP) is 6.86. The van der Waals surface area contributed by atoms with Crippen LogP contribution in [0.1, 0.15) is 78.2 Å². The fourth-order valence-corrected chi connectivity index (χ4v) is 5.70. The van der Waals surface area contributed by atoms with Gasteiger partial charge in [-0.05, 0) is 61.3 Å². The monoisotopic (exact) mass is 638 g/mol. The van der Waals surface area contributed by atoms with Crippen LogP contribution in [-0.2, 0) is 27.8 Å². The van der Waals surface area contributed by atoms with Crippen molar-refractivity contribution in [1.29, 1.82) is 0 Å². The minimum absolute atomic E-state index is 0.109. The molecule has 0 fully saturated rings. The lowest BCUT2D eigenvalue weighted by molar-refractivity contribution is -0.141. The van der Waals surface area contributed by atoms with Crippen LogP contribution >= 0.6 is 11.3 Å². The Labute approximate surface area is 275 Å². The Hall–Kier alpha value is -4.63. The van der Waals surface area contributed by atoms with Gasteiger partial charge in [-0.25, -0.2) is 9.97 Å². The summed E-state index contributed by atoms with van der Waals surface area (Å²) >= 11 is 1.38. The van der Waals surface area contributed by atoms with Gasteiger partial charge in [-0.2, -0.15) is 0 Å². The number of thiophene rings is 1. The first-order valence-electron chi connectivity index (χ1n) is 15.6. The topological polar surface area (TPSA) is 121 Å². The number of benzene rings is 2. The number of allylic oxidation sites excluding steroid dienone is 1. The van der Waals surface area contributed by atoms with Crippen molar-refractivity contribution in [3.8, 4) is 11.4 Å². The van der Waals surface area contributed by atoms with Crippen LogP contribution in [0.15, 0.2) is 85.2 Å². The summed E-state index contributed by atoms with van der Waals surface area (Å²) in [5, 5.41) is 14.6. The molecule has 4 aromatic rings. The lowest BCUT2D eigenvalue weighted by atomic mass is 9.95. The van der Waals surface area contributed by atoms with Gasteiger partial charge in [-0.15, -0.1) is 11.3 Å². The molecular formula is C37H42N4O4S. The second-order valence-electron chi connectivity index (χ2n) is 12.4. The van der Waals surface area contributed by atoms with E-state index in [4.69, 9.17) is 0 Å². The maximum atomic E-state index is 13.1. The van der Waals surface area contributed by atoms with E-state index in [0.717, 1.165) is 47.3 Å². The van der Waals surface area contributed by atoms with Crippen LogP contribution < -0.4 is 10.6 Å². The minimum Gasteiger partial charge on any atom is -0.480 e. The molecule has 2 aromatic heterocycles. The molecule has 0 saturated carbocycles. The van der Waals surface area contributed by atoms with Gasteiger partial charge in [0, 0.05) is 34.8 Å². The highest BCUT2D eigenvalue weighted by Crippen LogP contribution is 2.29. The highest BCUT2D eigenvalue weighted by atomic mass is 32.1. The fourth-order valence-electron chi connectivity index (χ4n) is 4.73. The maximum absolute atomic E-state index is 13.1. The van der Waals surface area contributed by atoms with Gasteiger partial charge >= 0.3 is 5.97 Å². The first kappa shape index (κ1) is 34.2. The molecule has 9 heteroatoms. The number of hydrogen-bond donors (Lipinski definition) is 3. The van der Waals surface area contributed by atoms with Crippen molar-refractivity contribution < 1.29 is 19.5 Å². The molecule has 0 bridgehead atoms. The molecule has 2 atom stereocenters. The van der Waals surface area contributed by atoms with Crippen molar-refractivity contribution in [3.63, 3.8) is 0 Å². The molecule has 0 aliphatic heterocycles. The molecule has 2 amide bonds. The van der Waals surface area contributed by atoms with Crippen LogP contribution in [0.5, 0.6) is 0 Å². The van der Waals surface area contributed by atoms with Gasteiger partial charge in [0.2, 0.25) is 5.91 Å². The number of aliphatic carboxylic acids is 1. The molecule has 240 valence electrons. The number of aromatic nitrogens is 2. The summed E-state index contributed by atoms with van der Waals surface area (Å²) in [6.45, 7) is 7.60. The molecule has 4 rings (SSSR count). The Morgan fingerprint density at radius 3 is 2.22 bits per heavy atom. The number of amides is 2. The molecule has 0 radical (unpaired) electrons. The van der Waals surface area contributed by atoms with Crippen molar-refractivity contribution in [2.45, 2.75) is 77.3 Å². The predicted molar refractivity (Wildman–Crippen MR) is 184 cm³/mol. The Kier molecular flexibility index (Phi) is 12.0. The second-order valence-corrected chi connectivity index (χ2v) is 13.5. The molecule has 0 spiro atoms. The van der Waals surface area contributed by atoms with Crippen LogP contribution in [0.2, 0.25) is 0 Å². The normalized spacial score (nSPS) is 12.9. The Morgan fingerprint density at radius 1 is 0.891 bits per heavy atom. The SMILES string of the molecule is C[C@@H](NC(=O)[C@H](Cc1ccc(-c2ncc(/C=C/CCCCc3ccccc3)cn2)cc1)NC(=O)c1ccc(C(C)(C)C)s1)C(=O)O. The van der Waals surface area contributed by atoms with E-state index in [2.05, 4.69) is 71.7 Å². The summed E-state index contributed by atoms with van der Waals surface area (Å²) in [5.74, 6) is -1.52. The van der Waals surface area contributed by atoms with E-state index in [9.17, 15) is 19.5 Å². The maximum Gasteiger partial charge on any atom is 0.325 e. The zero-order valence-corrected chi connectivity index (χ0v) is 27.6. The number of carboxylic acid groups (broad SMARTS) is 1. The van der Waals surface area contributed by atoms with E-state index in [1.54, 1.807) is 18.5 Å². The summed E-state index contributed by atoms with van der Waals surface area (Å²) in [6.07, 6.45) is 12.3. The Bertz CT molecular complexity index is 1620. The van der Waals surface area contributed by atoms with Gasteiger partial charge in [0.1, 0.15) is 12.1 Å². The van der Waals surface area contributed by atoms with Crippen molar-refractivity contribution in [1.82, 2.24) is 20.6 Å². The van der Waals surface area contributed by atoms with Crippen molar-refractivity contribution in [3.05, 3.63) is 112 Å². The number of carbonyl (C=O) groups is 3. The van der Waals surface area contributed by atoms with Crippen LogP contribution in [-0.4, -0.2) is 44.9 Å². The lowest BCUT2D eigenvalue weighted by Crippen LogP contribution is -2.51. The average Bonchev–Trinajstić information content (AvgIpc) is 3.55. The fraction of sp³-hybridized carbons (Fsp3) is 0.324. The molecule has 2 aromatic carbocycles. The van der Waals surface area contributed by atoms with E-state index >= 15 is 0 Å². The molecular weight excluding hydrogens is 596 g/mol. The van der Waals surface area contributed by atoms with Gasteiger partial charge in [-0.3, -0.25) is 14.4 Å². The number of rotatable bonds is 14. The summed E-state index contributed by atoms with van der Waals surface area (Å²) in [5.41, 5.74) is 3.81. The highest BCUT2D eigenvalue weighted by Gasteiger charge is 2.26. The van der Waals surface area contributed by atoms with E-state index in [1.807, 2.05) is 42.5 Å². The first-order valence-corrected chi connectivity index (χ1v) is 16.4. The molecule has 0 aliphatic rings. The number of hydrogen-bond acceptors (Lipinski definition) is 6. The van der Waals surface area contributed by atoms with Crippen molar-refractivity contribution in [2.75, 3.05) is 0 Å². The van der Waals surface area contributed by atoms with E-state index in [0.29, 0.717) is 10.7 Å². The van der Waals surface area contributed by atoms with E-state index < -0.39 is 24.0 Å². The average molecular weight is 639 g/mol. The molecule has 2 heterocycles. The van der Waals surface area contributed by atoms with Gasteiger partial charge < -0.3 is 15.7 Å². The number of aryl methyl sites for hydroxylation is 1. The largest absolute Gasteiger partial charge is 0.480 e. The van der Waals surface area contributed by atoms with Gasteiger partial charge in [-0.1, -0.05) is 87.5 Å². The number of nitrogens with zero attached hydrogens (tertiary/aromatic N) is 2. The summed E-state index contributed by atoms with van der Waals surface area (Å²) < 4.78 is 0. The number of carbonyl (C=O) groups excluding carboxylic acids is 2. The highest BCUT2D eigenvalue weighted by molar-refractivity contribution is 7.14. The summed E-state index contributed by atoms with van der Waals surface area (Å²) in [7, 11) is 0. The third-order valence-corrected chi connectivity index (χ3v) is 8.99. The Balaban J connectivity index is 1.36. The minimum atomic E-state index is -1.16. The van der Waals surface area contributed by atoms with Crippen LogP contribution in [0.3, 0.4) is 0 Å². The number of unbranched alkanes of at least 4 members (excludes halogenated alkanes) is 2. The zero-order valence-electron chi connectivity index (χ0n) is 26.8. The standard InChI is InChI=1S/C37H42N4O4S/c1-25(36(44)45)40-34(42)30(41-35(43)31-20-21-32(46-31)37(2,3)4)22-27-16-18-29(19-17-27)33-38-23-28(24-39-33)15-9-6-5-8-12-26-13-10-7-11-14-26/h7,9-11,13-21,23-25,30H,5-6,8,12,22H2,1-4H3,(H,40,42)(H,41,43)(H,44,45)/b15-9+/t25-,30+/m1/s1. The number of carboxylic acids is 1. The van der Waals surface area contributed by atoms with Crippen molar-refractivity contribution in [2.24, 2.45) is 0 Å². The van der Waals surface area contributed by atoms with Crippen LogP contribution in [0, 0.1) is 0 Å². The van der Waals surface area contributed by atoms with E-state index in [-0.39, 0.29) is 17.7 Å². The van der Waals surface area contributed by atoms with Crippen LogP contribution in [0.4, 0.5) is 0 Å². The summed E-state index contributed by atoms with van der Waals surface area (Å²) in [4.78, 5) is 48.2. The molecule has 0 aliphatic carbocycles. The molecule has 0 saturated heterocycles. The molecule has 46 heavy (non-hydrogen) atoms. The third kappa shape index (κ3) is 10.2. The van der Waals surface area contributed by atoms with Gasteiger partial charge in [0.25, 0.3) is 5.91 Å². The smallest absolute Gasteiger partial charge is 0.325 e. The number of nitrogens with one attached hydrogen (secondary N) is 2. The third-order valence-electron chi connectivity index (χ3n) is 7.48.